The number of rotatable bonds is 9. The van der Waals surface area contributed by atoms with E-state index in [2.05, 4.69) is 380 Å². The minimum Gasteiger partial charge on any atom is -0.310 e. The molecule has 2 aromatic heterocycles. The Labute approximate surface area is 637 Å². The molecule has 0 fully saturated rings. The van der Waals surface area contributed by atoms with Crippen LogP contribution < -0.4 is 25.5 Å². The Balaban J connectivity index is 0.977. The maximum absolute atomic E-state index is 11.8. The Morgan fingerprint density at radius 2 is 0.860 bits per heavy atom. The minimum absolute atomic E-state index is 0.000313. The monoisotopic (exact) mass is 1390 g/mol. The highest BCUT2D eigenvalue weighted by atomic mass is 32.1. The van der Waals surface area contributed by atoms with Gasteiger partial charge in [0.25, 0.3) is 6.71 Å². The fourth-order valence-electron chi connectivity index (χ4n) is 17.9. The van der Waals surface area contributed by atoms with Gasteiger partial charge in [-0.05, 0) is 177 Å². The number of anilines is 6. The second kappa shape index (κ2) is 24.4. The van der Waals surface area contributed by atoms with Crippen LogP contribution in [0.4, 0.5) is 34.1 Å². The van der Waals surface area contributed by atoms with Crippen molar-refractivity contribution >= 4 is 105 Å². The van der Waals surface area contributed by atoms with Gasteiger partial charge >= 0.3 is 0 Å². The van der Waals surface area contributed by atoms with E-state index in [1.54, 1.807) is 11.3 Å². The standard InChI is InChI=1S/C102H82BN3S/c1-100(2,3)73-50-52-80-92(61-73)107-99-98(80)106(97-84(66-32-18-12-19-33-66)59-75(102(7,8)9)60-85(97)67-34-20-13-21-35-67)91-56-72(63-44-46-68(47-45-63)81-54-71-38-26-36-69-48-49-70-37-27-41-79(81)94(70)93(69)71)55-90-95(91)103(99)86-53-51-76(104-87-42-24-22-39-77(87)78-40-23-25-43-88(78)104)62-89(86)105(90)96-82(64-28-14-10-15-29-64)57-74(101(4,5)6)58-83(96)65-30-16-11-17-31-65/h10-62,93-94H,1-9H3/i51D,53D,62D. The molecule has 4 aliphatic carbocycles. The molecule has 0 amide bonds. The van der Waals surface area contributed by atoms with E-state index in [1.807, 2.05) is 0 Å². The lowest BCUT2D eigenvalue weighted by Gasteiger charge is -2.45. The summed E-state index contributed by atoms with van der Waals surface area (Å²) in [5.41, 5.74) is 30.2. The van der Waals surface area contributed by atoms with Crippen LogP contribution in [0.2, 0.25) is 0 Å². The van der Waals surface area contributed by atoms with Gasteiger partial charge in [-0.3, -0.25) is 0 Å². The molecule has 14 aromatic rings. The van der Waals surface area contributed by atoms with E-state index in [-0.39, 0.29) is 46.2 Å². The Morgan fingerprint density at radius 1 is 0.383 bits per heavy atom. The first-order chi connectivity index (χ1) is 53.2. The summed E-state index contributed by atoms with van der Waals surface area (Å²) in [6.45, 7) is 20.1. The summed E-state index contributed by atoms with van der Waals surface area (Å²) < 4.78 is 38.6. The van der Waals surface area contributed by atoms with E-state index in [0.717, 1.165) is 137 Å². The fourth-order valence-corrected chi connectivity index (χ4v) is 19.3. The summed E-state index contributed by atoms with van der Waals surface area (Å²) in [6, 6.07) is 91.8. The average molecular weight is 1400 g/mol. The Bertz CT molecular complexity index is 6310. The molecule has 2 atom stereocenters. The minimum atomic E-state index is -0.654. The maximum atomic E-state index is 11.8. The SMILES string of the molecule is [2H]c1c([2H])c(-n2c3ccccc3c3ccccc32)c([2H])c2c1B1c3sc4cc(C(C)(C)C)ccc4c3N(c3c(-c4ccccc4)cc(C(C)(C)C)cc3-c3ccccc3)c3cc(-c4ccc(C5=CC6=CC=CC7=CC=C8C=CC=C5C8C76)cc4)cc(c31)N2c1c(-c2ccccc2)cc(C(C)(C)C)cc1-c1ccccc1. The number of nitrogens with zero attached hydrogens (tertiary/aromatic N) is 3. The molecule has 0 N–H and O–H groups in total. The van der Waals surface area contributed by atoms with E-state index < -0.39 is 6.71 Å². The van der Waals surface area contributed by atoms with Crippen molar-refractivity contribution in [3.05, 3.63) is 366 Å². The number of para-hydroxylation sites is 2. The van der Waals surface area contributed by atoms with Crippen molar-refractivity contribution in [2.75, 3.05) is 9.80 Å². The highest BCUT2D eigenvalue weighted by molar-refractivity contribution is 7.33. The van der Waals surface area contributed by atoms with Gasteiger partial charge in [-0.2, -0.15) is 0 Å². The molecule has 0 saturated heterocycles. The number of thiophene rings is 1. The number of hydrogen-bond donors (Lipinski definition) is 0. The molecular formula is C102H82BN3S. The van der Waals surface area contributed by atoms with Gasteiger partial charge in [0.05, 0.1) is 32.2 Å². The van der Waals surface area contributed by atoms with Crippen LogP contribution in [-0.2, 0) is 16.2 Å². The van der Waals surface area contributed by atoms with Crippen LogP contribution in [0.3, 0.4) is 0 Å². The Hall–Kier alpha value is -11.8. The summed E-state index contributed by atoms with van der Waals surface area (Å²) >= 11 is 1.80. The Kier molecular flexibility index (Phi) is 14.0. The molecular weight excluding hydrogens is 1310 g/mol. The molecule has 0 radical (unpaired) electrons. The first-order valence-corrected chi connectivity index (χ1v) is 38.6. The molecule has 0 saturated carbocycles. The van der Waals surface area contributed by atoms with Gasteiger partial charge in [-0.15, -0.1) is 11.3 Å². The van der Waals surface area contributed by atoms with Gasteiger partial charge in [-0.25, -0.2) is 0 Å². The lowest BCUT2D eigenvalue weighted by molar-refractivity contribution is 0.568. The molecule has 3 nitrogen and oxygen atoms in total. The summed E-state index contributed by atoms with van der Waals surface area (Å²) in [7, 11) is 0. The van der Waals surface area contributed by atoms with Crippen molar-refractivity contribution < 1.29 is 4.11 Å². The number of benzene rings is 12. The lowest BCUT2D eigenvalue weighted by Crippen LogP contribution is -2.60. The maximum Gasteiger partial charge on any atom is 0.264 e. The van der Waals surface area contributed by atoms with Crippen LogP contribution in [0.1, 0.15) is 88.7 Å². The second-order valence-corrected chi connectivity index (χ2v) is 34.0. The largest absolute Gasteiger partial charge is 0.310 e. The topological polar surface area (TPSA) is 11.4 Å². The summed E-state index contributed by atoms with van der Waals surface area (Å²) in [5, 5.41) is 3.13. The zero-order chi connectivity index (χ0) is 75.0. The molecule has 514 valence electrons. The highest BCUT2D eigenvalue weighted by Gasteiger charge is 2.48. The molecule has 2 unspecified atom stereocenters. The second-order valence-electron chi connectivity index (χ2n) is 32.9. The van der Waals surface area contributed by atoms with Crippen LogP contribution in [0.15, 0.2) is 344 Å². The third kappa shape index (κ3) is 10.4. The zero-order valence-electron chi connectivity index (χ0n) is 64.8. The smallest absolute Gasteiger partial charge is 0.264 e. The number of aromatic nitrogens is 1. The van der Waals surface area contributed by atoms with Crippen molar-refractivity contribution in [3.8, 4) is 61.3 Å². The van der Waals surface area contributed by atoms with Gasteiger partial charge in [0.1, 0.15) is 0 Å². The molecule has 107 heavy (non-hydrogen) atoms. The van der Waals surface area contributed by atoms with Crippen LogP contribution in [0.5, 0.6) is 0 Å². The quantitative estimate of drug-likeness (QED) is 0.133. The normalized spacial score (nSPS) is 16.6. The van der Waals surface area contributed by atoms with Crippen molar-refractivity contribution in [1.29, 1.82) is 0 Å². The first kappa shape index (κ1) is 61.5. The van der Waals surface area contributed by atoms with Gasteiger partial charge in [0.15, 0.2) is 0 Å². The van der Waals surface area contributed by atoms with Gasteiger partial charge < -0.3 is 14.4 Å². The predicted molar refractivity (Wildman–Crippen MR) is 459 cm³/mol. The van der Waals surface area contributed by atoms with E-state index in [0.29, 0.717) is 16.8 Å². The van der Waals surface area contributed by atoms with Gasteiger partial charge in [-0.1, -0.05) is 317 Å². The molecule has 5 heteroatoms. The van der Waals surface area contributed by atoms with E-state index >= 15 is 0 Å². The summed E-state index contributed by atoms with van der Waals surface area (Å²) in [4.78, 5) is 5.08. The number of fused-ring (bicyclic) bond motifs is 9. The lowest BCUT2D eigenvalue weighted by atomic mass is 9.36. The fraction of sp³-hybridized carbons (Fsp3) is 0.137. The van der Waals surface area contributed by atoms with Crippen molar-refractivity contribution in [1.82, 2.24) is 4.57 Å². The molecule has 12 aromatic carbocycles. The third-order valence-corrected chi connectivity index (χ3v) is 24.5. The average Bonchev–Trinajstić information content (AvgIpc) is 1.19. The Morgan fingerprint density at radius 3 is 1.39 bits per heavy atom. The van der Waals surface area contributed by atoms with Crippen molar-refractivity contribution in [3.63, 3.8) is 0 Å². The predicted octanol–water partition coefficient (Wildman–Crippen LogP) is 25.8. The molecule has 0 bridgehead atoms. The van der Waals surface area contributed by atoms with Crippen LogP contribution in [0, 0.1) is 11.8 Å². The molecule has 2 aliphatic heterocycles. The highest BCUT2D eigenvalue weighted by Crippen LogP contribution is 2.58. The van der Waals surface area contributed by atoms with Gasteiger partial charge in [0.2, 0.25) is 0 Å². The first-order valence-electron chi connectivity index (χ1n) is 39.3. The molecule has 0 spiro atoms. The van der Waals surface area contributed by atoms with E-state index in [4.69, 9.17) is 0 Å². The van der Waals surface area contributed by atoms with Crippen molar-refractivity contribution in [2.24, 2.45) is 11.8 Å². The zero-order valence-corrected chi connectivity index (χ0v) is 62.7. The van der Waals surface area contributed by atoms with Crippen LogP contribution in [0.25, 0.3) is 98.8 Å². The van der Waals surface area contributed by atoms with Crippen LogP contribution >= 0.6 is 11.3 Å². The van der Waals surface area contributed by atoms with Crippen molar-refractivity contribution in [2.45, 2.75) is 78.6 Å². The van der Waals surface area contributed by atoms with E-state index in [9.17, 15) is 4.11 Å². The molecule has 6 aliphatic rings. The van der Waals surface area contributed by atoms with Crippen LogP contribution in [-0.4, -0.2) is 11.3 Å². The number of hydrogen-bond acceptors (Lipinski definition) is 3. The molecule has 4 heterocycles. The number of allylic oxidation sites excluding steroid dienone is 14. The summed E-state index contributed by atoms with van der Waals surface area (Å²) in [5.74, 6) is 0.499. The van der Waals surface area contributed by atoms with E-state index in [1.165, 1.54) is 39.0 Å². The third-order valence-electron chi connectivity index (χ3n) is 23.3. The summed E-state index contributed by atoms with van der Waals surface area (Å²) in [6.07, 6.45) is 20.8. The van der Waals surface area contributed by atoms with Gasteiger partial charge in [0, 0.05) is 82.5 Å². The molecule has 20 rings (SSSR count).